The molecule has 1 aromatic carbocycles. The number of hydrogen-bond acceptors (Lipinski definition) is 3. The van der Waals surface area contributed by atoms with Crippen LogP contribution in [0, 0.1) is 5.92 Å². The highest BCUT2D eigenvalue weighted by Gasteiger charge is 2.27. The van der Waals surface area contributed by atoms with Crippen LogP contribution < -0.4 is 11.1 Å². The Balaban J connectivity index is 2.04. The molecule has 2 rings (SSSR count). The van der Waals surface area contributed by atoms with Crippen LogP contribution in [-0.4, -0.2) is 31.7 Å². The van der Waals surface area contributed by atoms with Gasteiger partial charge in [0, 0.05) is 18.2 Å². The van der Waals surface area contributed by atoms with Crippen molar-refractivity contribution in [3.05, 3.63) is 34.9 Å². The Hall–Kier alpha value is -1.10. The third kappa shape index (κ3) is 5.79. The van der Waals surface area contributed by atoms with Crippen LogP contribution in [-0.2, 0) is 16.0 Å². The predicted octanol–water partition coefficient (Wildman–Crippen LogP) is 2.92. The smallest absolute Gasteiger partial charge is 0.239 e. The van der Waals surface area contributed by atoms with E-state index in [9.17, 15) is 4.79 Å². The number of amides is 1. The van der Waals surface area contributed by atoms with E-state index >= 15 is 0 Å². The van der Waals surface area contributed by atoms with Crippen LogP contribution in [0.25, 0.3) is 0 Å². The second-order valence-electron chi connectivity index (χ2n) is 6.41. The Bertz CT molecular complexity index is 486. The molecule has 1 aliphatic rings. The molecule has 0 bridgehead atoms. The van der Waals surface area contributed by atoms with Gasteiger partial charge in [-0.1, -0.05) is 43.0 Å². The fraction of sp³-hybridized carbons (Fsp3) is 0.611. The Labute approximate surface area is 143 Å². The number of nitrogens with one attached hydrogen (secondary N) is 1. The van der Waals surface area contributed by atoms with Crippen molar-refractivity contribution in [1.82, 2.24) is 5.32 Å². The number of ether oxygens (including phenoxy) is 1. The van der Waals surface area contributed by atoms with Gasteiger partial charge in [0.05, 0.1) is 6.61 Å². The first-order valence-electron chi connectivity index (χ1n) is 8.39. The molecule has 23 heavy (non-hydrogen) atoms. The van der Waals surface area contributed by atoms with Crippen molar-refractivity contribution in [1.29, 1.82) is 0 Å². The van der Waals surface area contributed by atoms with Crippen LogP contribution in [0.5, 0.6) is 0 Å². The highest BCUT2D eigenvalue weighted by molar-refractivity contribution is 6.30. The number of carbonyl (C=O) groups is 1. The van der Waals surface area contributed by atoms with Crippen LogP contribution in [0.3, 0.4) is 0 Å². The van der Waals surface area contributed by atoms with E-state index in [1.165, 1.54) is 24.8 Å². The van der Waals surface area contributed by atoms with Crippen molar-refractivity contribution >= 4 is 17.5 Å². The summed E-state index contributed by atoms with van der Waals surface area (Å²) < 4.78 is 4.98. The molecule has 4 nitrogen and oxygen atoms in total. The molecule has 128 valence electrons. The number of nitrogens with two attached hydrogens (primary N) is 1. The maximum absolute atomic E-state index is 12.3. The standard InChI is InChI=1S/C18H27ClN2O2/c1-23-12-16(20)18(22)21-17(14-5-3-2-4-6-14)11-13-7-9-15(19)10-8-13/h7-10,14,16-17H,2-6,11-12,20H2,1H3,(H,21,22). The molecule has 1 aliphatic carbocycles. The zero-order valence-corrected chi connectivity index (χ0v) is 14.5. The first kappa shape index (κ1) is 18.2. The summed E-state index contributed by atoms with van der Waals surface area (Å²) in [6.07, 6.45) is 6.91. The molecular weight excluding hydrogens is 312 g/mol. The minimum atomic E-state index is -0.615. The molecule has 0 radical (unpaired) electrons. The predicted molar refractivity (Wildman–Crippen MR) is 93.5 cm³/mol. The second-order valence-corrected chi connectivity index (χ2v) is 6.84. The van der Waals surface area contributed by atoms with Crippen molar-refractivity contribution < 1.29 is 9.53 Å². The van der Waals surface area contributed by atoms with Gasteiger partial charge in [-0.05, 0) is 42.9 Å². The number of rotatable bonds is 7. The van der Waals surface area contributed by atoms with E-state index in [2.05, 4.69) is 5.32 Å². The quantitative estimate of drug-likeness (QED) is 0.803. The van der Waals surface area contributed by atoms with Gasteiger partial charge in [0.2, 0.25) is 5.91 Å². The Kier molecular flexibility index (Phi) is 7.34. The van der Waals surface area contributed by atoms with Crippen molar-refractivity contribution in [3.63, 3.8) is 0 Å². The summed E-state index contributed by atoms with van der Waals surface area (Å²) in [6.45, 7) is 0.240. The van der Waals surface area contributed by atoms with Crippen molar-refractivity contribution in [2.45, 2.75) is 50.6 Å². The van der Waals surface area contributed by atoms with Gasteiger partial charge in [-0.25, -0.2) is 0 Å². The molecule has 2 unspecified atom stereocenters. The van der Waals surface area contributed by atoms with Crippen LogP contribution in [0.1, 0.15) is 37.7 Å². The number of halogens is 1. The molecule has 5 heteroatoms. The molecule has 3 N–H and O–H groups in total. The maximum Gasteiger partial charge on any atom is 0.239 e. The van der Waals surface area contributed by atoms with Crippen molar-refractivity contribution in [3.8, 4) is 0 Å². The highest BCUT2D eigenvalue weighted by atomic mass is 35.5. The van der Waals surface area contributed by atoms with Gasteiger partial charge in [-0.2, -0.15) is 0 Å². The largest absolute Gasteiger partial charge is 0.383 e. The van der Waals surface area contributed by atoms with Gasteiger partial charge in [0.25, 0.3) is 0 Å². The zero-order valence-electron chi connectivity index (χ0n) is 13.8. The third-order valence-corrected chi connectivity index (χ3v) is 4.85. The number of methoxy groups -OCH3 is 1. The van der Waals surface area contributed by atoms with Crippen LogP contribution in [0.4, 0.5) is 0 Å². The summed E-state index contributed by atoms with van der Waals surface area (Å²) in [6, 6.07) is 7.35. The average molecular weight is 339 g/mol. The second kappa shape index (κ2) is 9.26. The molecule has 0 spiro atoms. The fourth-order valence-corrected chi connectivity index (χ4v) is 3.42. The van der Waals surface area contributed by atoms with E-state index in [-0.39, 0.29) is 18.6 Å². The molecule has 0 saturated heterocycles. The number of hydrogen-bond donors (Lipinski definition) is 2. The summed E-state index contributed by atoms with van der Waals surface area (Å²) in [5.41, 5.74) is 7.05. The molecule has 1 fully saturated rings. The van der Waals surface area contributed by atoms with Gasteiger partial charge in [-0.15, -0.1) is 0 Å². The van der Waals surface area contributed by atoms with Gasteiger partial charge in [-0.3, -0.25) is 4.79 Å². The SMILES string of the molecule is COCC(N)C(=O)NC(Cc1ccc(Cl)cc1)C1CCCCC1. The lowest BCUT2D eigenvalue weighted by Crippen LogP contribution is -2.50. The summed E-state index contributed by atoms with van der Waals surface area (Å²) in [5, 5.41) is 3.89. The van der Waals surface area contributed by atoms with Gasteiger partial charge in [0.1, 0.15) is 6.04 Å². The van der Waals surface area contributed by atoms with E-state index in [4.69, 9.17) is 22.1 Å². The topological polar surface area (TPSA) is 64.3 Å². The van der Waals surface area contributed by atoms with Gasteiger partial charge >= 0.3 is 0 Å². The van der Waals surface area contributed by atoms with Crippen LogP contribution in [0.15, 0.2) is 24.3 Å². The van der Waals surface area contributed by atoms with Crippen molar-refractivity contribution in [2.24, 2.45) is 11.7 Å². The van der Waals surface area contributed by atoms with Gasteiger partial charge in [0.15, 0.2) is 0 Å². The molecule has 0 aliphatic heterocycles. The molecule has 1 amide bonds. The highest BCUT2D eigenvalue weighted by Crippen LogP contribution is 2.28. The van der Waals surface area contributed by atoms with E-state index in [1.807, 2.05) is 24.3 Å². The molecule has 1 saturated carbocycles. The molecule has 0 aromatic heterocycles. The fourth-order valence-electron chi connectivity index (χ4n) is 3.29. The van der Waals surface area contributed by atoms with Crippen LogP contribution >= 0.6 is 11.6 Å². The Morgan fingerprint density at radius 1 is 1.30 bits per heavy atom. The minimum Gasteiger partial charge on any atom is -0.383 e. The van der Waals surface area contributed by atoms with Crippen molar-refractivity contribution in [2.75, 3.05) is 13.7 Å². The lowest BCUT2D eigenvalue weighted by molar-refractivity contribution is -0.124. The number of benzene rings is 1. The molecule has 0 heterocycles. The lowest BCUT2D eigenvalue weighted by Gasteiger charge is -2.32. The monoisotopic (exact) mass is 338 g/mol. The Morgan fingerprint density at radius 2 is 1.96 bits per heavy atom. The molecule has 2 atom stereocenters. The van der Waals surface area contributed by atoms with E-state index in [0.717, 1.165) is 24.3 Å². The summed E-state index contributed by atoms with van der Waals surface area (Å²) >= 11 is 5.96. The van der Waals surface area contributed by atoms with Crippen LogP contribution in [0.2, 0.25) is 5.02 Å². The molecular formula is C18H27ClN2O2. The zero-order chi connectivity index (χ0) is 16.7. The lowest BCUT2D eigenvalue weighted by atomic mass is 9.81. The minimum absolute atomic E-state index is 0.117. The van der Waals surface area contributed by atoms with E-state index < -0.39 is 6.04 Å². The summed E-state index contributed by atoms with van der Waals surface area (Å²) in [4.78, 5) is 12.3. The summed E-state index contributed by atoms with van der Waals surface area (Å²) in [7, 11) is 1.56. The normalized spacial score (nSPS) is 18.4. The summed E-state index contributed by atoms with van der Waals surface area (Å²) in [5.74, 6) is 0.384. The van der Waals surface area contributed by atoms with E-state index in [0.29, 0.717) is 5.92 Å². The van der Waals surface area contributed by atoms with Gasteiger partial charge < -0.3 is 15.8 Å². The first-order valence-corrected chi connectivity index (χ1v) is 8.77. The third-order valence-electron chi connectivity index (χ3n) is 4.60. The average Bonchev–Trinajstić information content (AvgIpc) is 2.57. The van der Waals surface area contributed by atoms with E-state index in [1.54, 1.807) is 7.11 Å². The maximum atomic E-state index is 12.3. The number of carbonyl (C=O) groups excluding carboxylic acids is 1. The first-order chi connectivity index (χ1) is 11.1. The Morgan fingerprint density at radius 3 is 2.57 bits per heavy atom. The molecule has 1 aromatic rings.